The molecule has 0 amide bonds. The summed E-state index contributed by atoms with van der Waals surface area (Å²) in [6, 6.07) is 14.3. The van der Waals surface area contributed by atoms with Crippen LogP contribution < -0.4 is 0 Å². The summed E-state index contributed by atoms with van der Waals surface area (Å²) in [4.78, 5) is 15.3. The summed E-state index contributed by atoms with van der Waals surface area (Å²) in [6.45, 7) is 3.34. The van der Waals surface area contributed by atoms with Gasteiger partial charge in [-0.15, -0.1) is 12.4 Å². The maximum atomic E-state index is 12.7. The van der Waals surface area contributed by atoms with E-state index in [4.69, 9.17) is 0 Å². The van der Waals surface area contributed by atoms with Gasteiger partial charge >= 0.3 is 0 Å². The highest BCUT2D eigenvalue weighted by Gasteiger charge is 2.29. The summed E-state index contributed by atoms with van der Waals surface area (Å²) < 4.78 is 0. The maximum Gasteiger partial charge on any atom is 0.164 e. The summed E-state index contributed by atoms with van der Waals surface area (Å²) >= 11 is 0. The van der Waals surface area contributed by atoms with E-state index in [2.05, 4.69) is 23.1 Å². The third-order valence-electron chi connectivity index (χ3n) is 5.74. The Kier molecular flexibility index (Phi) is 5.57. The lowest BCUT2D eigenvalue weighted by atomic mass is 9.84. The SMILES string of the molecule is Cl.O=C(CCN1CC2CCC(CC2)C1)c1cccc2ccccc12. The second-order valence-corrected chi connectivity index (χ2v) is 7.35. The highest BCUT2D eigenvalue weighted by atomic mass is 35.5. The van der Waals surface area contributed by atoms with Crippen molar-refractivity contribution in [2.24, 2.45) is 11.8 Å². The lowest BCUT2D eigenvalue weighted by Crippen LogP contribution is -2.30. The fourth-order valence-electron chi connectivity index (χ4n) is 4.45. The molecular weight excluding hydrogens is 318 g/mol. The summed E-state index contributed by atoms with van der Waals surface area (Å²) in [6.07, 6.45) is 6.25. The fourth-order valence-corrected chi connectivity index (χ4v) is 4.45. The molecule has 0 atom stereocenters. The average Bonchev–Trinajstić information content (AvgIpc) is 2.92. The number of carbonyl (C=O) groups excluding carboxylic acids is 1. The van der Waals surface area contributed by atoms with Gasteiger partial charge in [-0.25, -0.2) is 0 Å². The van der Waals surface area contributed by atoms with Crippen LogP contribution in [0.2, 0.25) is 0 Å². The van der Waals surface area contributed by atoms with Crippen molar-refractivity contribution in [2.45, 2.75) is 32.1 Å². The van der Waals surface area contributed by atoms with Crippen LogP contribution in [-0.2, 0) is 0 Å². The number of nitrogens with zero attached hydrogens (tertiary/aromatic N) is 1. The van der Waals surface area contributed by atoms with Crippen LogP contribution in [0.15, 0.2) is 42.5 Å². The molecule has 0 radical (unpaired) electrons. The lowest BCUT2D eigenvalue weighted by Gasteiger charge is -2.21. The molecule has 2 aromatic rings. The average molecular weight is 344 g/mol. The second-order valence-electron chi connectivity index (χ2n) is 7.35. The van der Waals surface area contributed by atoms with E-state index in [1.807, 2.05) is 24.3 Å². The number of Topliss-reactive ketones (excluding diaryl/α,β-unsaturated/α-hetero) is 1. The van der Waals surface area contributed by atoms with Crippen LogP contribution in [0, 0.1) is 11.8 Å². The molecule has 0 aromatic heterocycles. The van der Waals surface area contributed by atoms with E-state index in [-0.39, 0.29) is 12.4 Å². The van der Waals surface area contributed by atoms with Gasteiger partial charge in [-0.1, -0.05) is 42.5 Å². The predicted molar refractivity (Wildman–Crippen MR) is 102 cm³/mol. The van der Waals surface area contributed by atoms with Gasteiger partial charge in [0.05, 0.1) is 0 Å². The summed E-state index contributed by atoms with van der Waals surface area (Å²) in [5, 5.41) is 2.25. The monoisotopic (exact) mass is 343 g/mol. The van der Waals surface area contributed by atoms with E-state index in [1.54, 1.807) is 0 Å². The highest BCUT2D eigenvalue weighted by molar-refractivity contribution is 6.08. The Morgan fingerprint density at radius 1 is 0.917 bits per heavy atom. The van der Waals surface area contributed by atoms with Gasteiger partial charge in [-0.3, -0.25) is 4.79 Å². The molecule has 2 nitrogen and oxygen atoms in total. The molecule has 0 unspecified atom stereocenters. The molecule has 0 N–H and O–H groups in total. The van der Waals surface area contributed by atoms with Gasteiger partial charge in [0, 0.05) is 31.6 Å². The van der Waals surface area contributed by atoms with E-state index in [1.165, 1.54) is 38.8 Å². The quantitative estimate of drug-likeness (QED) is 0.731. The Labute approximate surface area is 150 Å². The van der Waals surface area contributed by atoms with Crippen molar-refractivity contribution in [3.05, 3.63) is 48.0 Å². The van der Waals surface area contributed by atoms with E-state index in [0.29, 0.717) is 12.2 Å². The zero-order valence-corrected chi connectivity index (χ0v) is 14.9. The number of ketones is 1. The van der Waals surface area contributed by atoms with Crippen molar-refractivity contribution in [1.82, 2.24) is 4.90 Å². The minimum Gasteiger partial charge on any atom is -0.302 e. The summed E-state index contributed by atoms with van der Waals surface area (Å²) in [7, 11) is 0. The maximum absolute atomic E-state index is 12.7. The van der Waals surface area contributed by atoms with Crippen LogP contribution in [0.4, 0.5) is 0 Å². The van der Waals surface area contributed by atoms with Crippen molar-refractivity contribution in [2.75, 3.05) is 19.6 Å². The third kappa shape index (κ3) is 3.65. The zero-order valence-electron chi connectivity index (χ0n) is 14.1. The lowest BCUT2D eigenvalue weighted by molar-refractivity contribution is 0.0963. The Hall–Kier alpha value is -1.38. The molecule has 2 aliphatic heterocycles. The molecule has 5 rings (SSSR count). The van der Waals surface area contributed by atoms with Gasteiger partial charge in [0.1, 0.15) is 0 Å². The molecule has 2 bridgehead atoms. The number of hydrogen-bond acceptors (Lipinski definition) is 2. The minimum atomic E-state index is 0. The zero-order chi connectivity index (χ0) is 15.6. The number of hydrogen-bond donors (Lipinski definition) is 0. The molecule has 1 aliphatic carbocycles. The molecule has 24 heavy (non-hydrogen) atoms. The minimum absolute atomic E-state index is 0. The Bertz CT molecular complexity index is 687. The van der Waals surface area contributed by atoms with E-state index >= 15 is 0 Å². The molecule has 1 saturated carbocycles. The van der Waals surface area contributed by atoms with Crippen LogP contribution in [0.5, 0.6) is 0 Å². The number of benzene rings is 2. The first-order chi connectivity index (χ1) is 11.3. The first-order valence-electron chi connectivity index (χ1n) is 9.03. The standard InChI is InChI=1S/C21H25NO.ClH/c23-21(20-7-3-5-18-4-1-2-6-19(18)20)12-13-22-14-16-8-9-17(15-22)11-10-16;/h1-7,16-17H,8-15H2;1H. The largest absolute Gasteiger partial charge is 0.302 e. The molecular formula is C21H26ClNO. The molecule has 128 valence electrons. The van der Waals surface area contributed by atoms with E-state index in [0.717, 1.165) is 34.7 Å². The van der Waals surface area contributed by atoms with Crippen LogP contribution >= 0.6 is 12.4 Å². The van der Waals surface area contributed by atoms with E-state index < -0.39 is 0 Å². The number of carbonyl (C=O) groups is 1. The Morgan fingerprint density at radius 3 is 2.25 bits per heavy atom. The van der Waals surface area contributed by atoms with Crippen molar-refractivity contribution in [3.63, 3.8) is 0 Å². The first kappa shape index (κ1) is 17.4. The van der Waals surface area contributed by atoms with Gasteiger partial charge in [0.25, 0.3) is 0 Å². The Balaban J connectivity index is 0.00000169. The normalized spacial score (nSPS) is 23.7. The molecule has 2 saturated heterocycles. The second kappa shape index (κ2) is 7.67. The smallest absolute Gasteiger partial charge is 0.164 e. The van der Waals surface area contributed by atoms with Crippen molar-refractivity contribution in [3.8, 4) is 0 Å². The number of halogens is 1. The van der Waals surface area contributed by atoms with Crippen LogP contribution in [0.25, 0.3) is 10.8 Å². The molecule has 3 aliphatic rings. The fraction of sp³-hybridized carbons (Fsp3) is 0.476. The molecule has 3 heteroatoms. The first-order valence-corrected chi connectivity index (χ1v) is 9.03. The molecule has 0 spiro atoms. The van der Waals surface area contributed by atoms with Crippen LogP contribution in [-0.4, -0.2) is 30.3 Å². The number of rotatable bonds is 4. The van der Waals surface area contributed by atoms with Gasteiger partial charge in [0.15, 0.2) is 5.78 Å². The molecule has 2 heterocycles. The van der Waals surface area contributed by atoms with Crippen LogP contribution in [0.1, 0.15) is 42.5 Å². The predicted octanol–water partition coefficient (Wildman–Crippen LogP) is 4.96. The topological polar surface area (TPSA) is 20.3 Å². The third-order valence-corrected chi connectivity index (χ3v) is 5.74. The van der Waals surface area contributed by atoms with Crippen molar-refractivity contribution in [1.29, 1.82) is 0 Å². The van der Waals surface area contributed by atoms with Gasteiger partial charge in [-0.2, -0.15) is 0 Å². The van der Waals surface area contributed by atoms with Crippen LogP contribution in [0.3, 0.4) is 0 Å². The summed E-state index contributed by atoms with van der Waals surface area (Å²) in [5.74, 6) is 2.04. The Morgan fingerprint density at radius 2 is 1.54 bits per heavy atom. The summed E-state index contributed by atoms with van der Waals surface area (Å²) in [5.41, 5.74) is 0.890. The van der Waals surface area contributed by atoms with Gasteiger partial charge < -0.3 is 4.90 Å². The van der Waals surface area contributed by atoms with Crippen molar-refractivity contribution < 1.29 is 4.79 Å². The molecule has 2 aromatic carbocycles. The highest BCUT2D eigenvalue weighted by Crippen LogP contribution is 2.33. The van der Waals surface area contributed by atoms with Gasteiger partial charge in [0.2, 0.25) is 0 Å². The number of fused-ring (bicyclic) bond motifs is 5. The molecule has 3 fully saturated rings. The van der Waals surface area contributed by atoms with Gasteiger partial charge in [-0.05, 0) is 48.3 Å². The van der Waals surface area contributed by atoms with E-state index in [9.17, 15) is 4.79 Å². The van der Waals surface area contributed by atoms with Crippen molar-refractivity contribution >= 4 is 29.0 Å².